The number of hydrogen-bond donors (Lipinski definition) is 0. The lowest BCUT2D eigenvalue weighted by Gasteiger charge is -2.30. The summed E-state index contributed by atoms with van der Waals surface area (Å²) in [6.45, 7) is 6.57. The van der Waals surface area contributed by atoms with Crippen molar-refractivity contribution in [2.24, 2.45) is 5.92 Å². The molecule has 1 fully saturated rings. The minimum absolute atomic E-state index is 0.0381. The van der Waals surface area contributed by atoms with Gasteiger partial charge in [-0.25, -0.2) is 0 Å². The molecule has 8 heteroatoms. The predicted octanol–water partition coefficient (Wildman–Crippen LogP) is 3.19. The molecule has 3 aromatic rings. The highest BCUT2D eigenvalue weighted by atomic mass is 32.2. The number of benzene rings is 1. The number of carbonyl (C=O) groups excluding carboxylic acids is 1. The third-order valence-electron chi connectivity index (χ3n) is 5.55. The summed E-state index contributed by atoms with van der Waals surface area (Å²) < 4.78 is 3.63. The number of likely N-dealkylation sites (tertiary alicyclic amines) is 1. The molecule has 1 atom stereocenters. The van der Waals surface area contributed by atoms with Gasteiger partial charge < -0.3 is 4.90 Å². The van der Waals surface area contributed by atoms with Crippen LogP contribution in [0.5, 0.6) is 0 Å². The van der Waals surface area contributed by atoms with Crippen LogP contribution < -0.4 is 5.56 Å². The van der Waals surface area contributed by atoms with Crippen molar-refractivity contribution in [3.8, 4) is 0 Å². The highest BCUT2D eigenvalue weighted by molar-refractivity contribution is 7.99. The molecule has 0 N–H and O–H groups in total. The van der Waals surface area contributed by atoms with Gasteiger partial charge in [0.25, 0.3) is 5.56 Å². The van der Waals surface area contributed by atoms with E-state index in [2.05, 4.69) is 24.0 Å². The Hall–Kier alpha value is -2.35. The van der Waals surface area contributed by atoms with Crippen molar-refractivity contribution >= 4 is 34.3 Å². The van der Waals surface area contributed by atoms with Crippen LogP contribution in [0.3, 0.4) is 0 Å². The van der Waals surface area contributed by atoms with Crippen LogP contribution in [0.4, 0.5) is 0 Å². The second-order valence-electron chi connectivity index (χ2n) is 7.82. The fourth-order valence-electron chi connectivity index (χ4n) is 3.98. The van der Waals surface area contributed by atoms with Crippen molar-refractivity contribution in [2.45, 2.75) is 51.2 Å². The van der Waals surface area contributed by atoms with E-state index in [4.69, 9.17) is 0 Å². The molecule has 0 saturated carbocycles. The molecule has 0 spiro atoms. The van der Waals surface area contributed by atoms with Crippen LogP contribution in [0.1, 0.15) is 39.5 Å². The maximum atomic E-state index is 13.0. The van der Waals surface area contributed by atoms with Crippen LogP contribution in [0, 0.1) is 5.92 Å². The van der Waals surface area contributed by atoms with Gasteiger partial charge in [0.05, 0.1) is 16.7 Å². The standard InChI is InChI=1S/C21H27N5O2S/c1-3-4-12-25-19(28)16-9-5-6-10-17(16)26-20(25)22-23-21(26)29-14-18(27)24-11-7-8-15(2)13-24/h5-6,9-10,15H,3-4,7-8,11-14H2,1-2H3/t15-/m0/s1. The molecule has 0 unspecified atom stereocenters. The summed E-state index contributed by atoms with van der Waals surface area (Å²) in [4.78, 5) is 27.6. The molecular weight excluding hydrogens is 386 g/mol. The summed E-state index contributed by atoms with van der Waals surface area (Å²) in [6, 6.07) is 7.54. The lowest BCUT2D eigenvalue weighted by molar-refractivity contribution is -0.130. The monoisotopic (exact) mass is 413 g/mol. The first-order chi connectivity index (χ1) is 14.1. The zero-order valence-corrected chi connectivity index (χ0v) is 17.8. The fraction of sp³-hybridized carbons (Fsp3) is 0.524. The van der Waals surface area contributed by atoms with Crippen LogP contribution >= 0.6 is 11.8 Å². The first kappa shape index (κ1) is 19.9. The lowest BCUT2D eigenvalue weighted by atomic mass is 10.0. The molecule has 7 nitrogen and oxygen atoms in total. The smallest absolute Gasteiger partial charge is 0.262 e. The van der Waals surface area contributed by atoms with Crippen molar-refractivity contribution in [1.82, 2.24) is 24.1 Å². The maximum Gasteiger partial charge on any atom is 0.262 e. The summed E-state index contributed by atoms with van der Waals surface area (Å²) >= 11 is 1.40. The Morgan fingerprint density at radius 3 is 2.90 bits per heavy atom. The van der Waals surface area contributed by atoms with Gasteiger partial charge in [0, 0.05) is 19.6 Å². The minimum atomic E-state index is -0.0381. The minimum Gasteiger partial charge on any atom is -0.342 e. The number of thioether (sulfide) groups is 1. The molecule has 1 saturated heterocycles. The van der Waals surface area contributed by atoms with E-state index < -0.39 is 0 Å². The second kappa shape index (κ2) is 8.57. The Kier molecular flexibility index (Phi) is 5.89. The Morgan fingerprint density at radius 1 is 1.28 bits per heavy atom. The van der Waals surface area contributed by atoms with E-state index >= 15 is 0 Å². The third kappa shape index (κ3) is 3.90. The molecule has 1 aromatic carbocycles. The van der Waals surface area contributed by atoms with Crippen LogP contribution in [-0.2, 0) is 11.3 Å². The van der Waals surface area contributed by atoms with Crippen LogP contribution in [0.15, 0.2) is 34.2 Å². The molecule has 154 valence electrons. The van der Waals surface area contributed by atoms with Crippen molar-refractivity contribution in [1.29, 1.82) is 0 Å². The summed E-state index contributed by atoms with van der Waals surface area (Å²) in [7, 11) is 0. The van der Waals surface area contributed by atoms with E-state index in [-0.39, 0.29) is 11.5 Å². The van der Waals surface area contributed by atoms with Gasteiger partial charge in [0.15, 0.2) is 5.16 Å². The molecule has 29 heavy (non-hydrogen) atoms. The summed E-state index contributed by atoms with van der Waals surface area (Å²) in [5.41, 5.74) is 0.746. The number of hydrogen-bond acceptors (Lipinski definition) is 5. The van der Waals surface area contributed by atoms with Gasteiger partial charge in [-0.2, -0.15) is 0 Å². The number of carbonyl (C=O) groups is 1. The Bertz CT molecular complexity index is 1090. The molecule has 1 aliphatic rings. The fourth-order valence-corrected chi connectivity index (χ4v) is 4.82. The van der Waals surface area contributed by atoms with Gasteiger partial charge in [-0.1, -0.05) is 44.2 Å². The number of aryl methyl sites for hydroxylation is 1. The Balaban J connectivity index is 1.68. The van der Waals surface area contributed by atoms with Crippen molar-refractivity contribution in [3.63, 3.8) is 0 Å². The quantitative estimate of drug-likeness (QED) is 0.580. The normalized spacial score (nSPS) is 17.3. The predicted molar refractivity (Wildman–Crippen MR) is 115 cm³/mol. The molecule has 4 rings (SSSR count). The topological polar surface area (TPSA) is 72.5 Å². The molecule has 0 bridgehead atoms. The zero-order chi connectivity index (χ0) is 20.4. The first-order valence-corrected chi connectivity index (χ1v) is 11.4. The average Bonchev–Trinajstić information content (AvgIpc) is 3.16. The average molecular weight is 414 g/mol. The second-order valence-corrected chi connectivity index (χ2v) is 8.76. The van der Waals surface area contributed by atoms with E-state index in [0.29, 0.717) is 34.5 Å². The highest BCUT2D eigenvalue weighted by Gasteiger charge is 2.22. The van der Waals surface area contributed by atoms with Crippen LogP contribution in [0.2, 0.25) is 0 Å². The Labute approximate surface area is 174 Å². The maximum absolute atomic E-state index is 13.0. The summed E-state index contributed by atoms with van der Waals surface area (Å²) in [5, 5.41) is 9.95. The van der Waals surface area contributed by atoms with E-state index in [9.17, 15) is 9.59 Å². The van der Waals surface area contributed by atoms with Gasteiger partial charge in [-0.3, -0.25) is 18.6 Å². The molecule has 0 aliphatic carbocycles. The van der Waals surface area contributed by atoms with Gasteiger partial charge in [-0.15, -0.1) is 10.2 Å². The molecule has 1 amide bonds. The van der Waals surface area contributed by atoms with E-state index in [1.165, 1.54) is 18.2 Å². The van der Waals surface area contributed by atoms with Crippen molar-refractivity contribution < 1.29 is 4.79 Å². The summed E-state index contributed by atoms with van der Waals surface area (Å²) in [5.74, 6) is 1.57. The van der Waals surface area contributed by atoms with E-state index in [1.807, 2.05) is 33.6 Å². The molecule has 1 aliphatic heterocycles. The molecular formula is C21H27N5O2S. The zero-order valence-electron chi connectivity index (χ0n) is 17.0. The molecule has 2 aromatic heterocycles. The van der Waals surface area contributed by atoms with Crippen molar-refractivity contribution in [3.05, 3.63) is 34.6 Å². The van der Waals surface area contributed by atoms with E-state index in [1.54, 1.807) is 4.57 Å². The number of rotatable bonds is 6. The lowest BCUT2D eigenvalue weighted by Crippen LogP contribution is -2.40. The van der Waals surface area contributed by atoms with Crippen molar-refractivity contribution in [2.75, 3.05) is 18.8 Å². The SMILES string of the molecule is CCCCn1c(=O)c2ccccc2n2c(SCC(=O)N3CCC[C@H](C)C3)nnc12. The first-order valence-electron chi connectivity index (χ1n) is 10.4. The largest absolute Gasteiger partial charge is 0.342 e. The molecule has 0 radical (unpaired) electrons. The number of amides is 1. The Morgan fingerprint density at radius 2 is 2.10 bits per heavy atom. The number of fused-ring (bicyclic) bond motifs is 3. The summed E-state index contributed by atoms with van der Waals surface area (Å²) in [6.07, 6.45) is 4.14. The third-order valence-corrected chi connectivity index (χ3v) is 6.46. The highest BCUT2D eigenvalue weighted by Crippen LogP contribution is 2.23. The molecule has 3 heterocycles. The van der Waals surface area contributed by atoms with Crippen LogP contribution in [-0.4, -0.2) is 48.8 Å². The number of nitrogens with zero attached hydrogens (tertiary/aromatic N) is 5. The van der Waals surface area contributed by atoms with Gasteiger partial charge in [0.1, 0.15) is 0 Å². The van der Waals surface area contributed by atoms with E-state index in [0.717, 1.165) is 37.9 Å². The number of unbranched alkanes of at least 4 members (excludes halogenated alkanes) is 1. The number of piperidine rings is 1. The number of aromatic nitrogens is 4. The van der Waals surface area contributed by atoms with Gasteiger partial charge >= 0.3 is 0 Å². The number of para-hydroxylation sites is 1. The van der Waals surface area contributed by atoms with Crippen LogP contribution in [0.25, 0.3) is 16.7 Å². The van der Waals surface area contributed by atoms with Gasteiger partial charge in [0.2, 0.25) is 11.7 Å². The van der Waals surface area contributed by atoms with Gasteiger partial charge in [-0.05, 0) is 37.3 Å².